The first-order valence-electron chi connectivity index (χ1n) is 8.92. The summed E-state index contributed by atoms with van der Waals surface area (Å²) in [7, 11) is 0. The van der Waals surface area contributed by atoms with Gasteiger partial charge in [0.2, 0.25) is 0 Å². The molecule has 0 saturated carbocycles. The Morgan fingerprint density at radius 3 is 2.41 bits per heavy atom. The third kappa shape index (κ3) is 3.49. The molecule has 0 bridgehead atoms. The smallest absolute Gasteiger partial charge is 0.356 e. The zero-order valence-electron chi connectivity index (χ0n) is 14.9. The fraction of sp³-hybridized carbons (Fsp3) is 0.136. The number of ether oxygens (including phenoxy) is 1. The lowest BCUT2D eigenvalue weighted by atomic mass is 10.2. The van der Waals surface area contributed by atoms with Crippen molar-refractivity contribution >= 4 is 17.0 Å². The van der Waals surface area contributed by atoms with Gasteiger partial charge in [-0.15, -0.1) is 0 Å². The summed E-state index contributed by atoms with van der Waals surface area (Å²) < 4.78 is 23.9. The Bertz CT molecular complexity index is 1060. The number of hydrogen-bond acceptors (Lipinski definition) is 2. The van der Waals surface area contributed by atoms with Crippen LogP contribution < -0.4 is 15.0 Å². The molecule has 0 spiro atoms. The molecule has 0 atom stereocenters. The Labute approximate surface area is 157 Å². The molecule has 0 fully saturated rings. The topological polar surface area (TPSA) is 44.1 Å². The number of nitrogens with two attached hydrogens (primary N) is 1. The summed E-state index contributed by atoms with van der Waals surface area (Å²) in [6.07, 6.45) is 0. The van der Waals surface area contributed by atoms with E-state index >= 15 is 0 Å². The van der Waals surface area contributed by atoms with Crippen LogP contribution in [0, 0.1) is 5.82 Å². The van der Waals surface area contributed by atoms with Gasteiger partial charge < -0.3 is 4.74 Å². The van der Waals surface area contributed by atoms with Gasteiger partial charge in [0.25, 0.3) is 0 Å². The Hall–Kier alpha value is -3.34. The lowest BCUT2D eigenvalue weighted by Crippen LogP contribution is -2.37. The SMILES string of the molecule is Nc1n(CCOc2ccccc2)c2ccccc2[n+]1Cc1ccccc1F. The second-order valence-corrected chi connectivity index (χ2v) is 6.34. The summed E-state index contributed by atoms with van der Waals surface area (Å²) in [6.45, 7) is 1.48. The third-order valence-electron chi connectivity index (χ3n) is 4.63. The van der Waals surface area contributed by atoms with E-state index in [1.807, 2.05) is 69.8 Å². The molecule has 1 heterocycles. The zero-order valence-corrected chi connectivity index (χ0v) is 14.9. The quantitative estimate of drug-likeness (QED) is 0.531. The van der Waals surface area contributed by atoms with E-state index in [2.05, 4.69) is 0 Å². The lowest BCUT2D eigenvalue weighted by molar-refractivity contribution is -0.648. The molecule has 0 aliphatic heterocycles. The Kier molecular flexibility index (Phi) is 4.75. The number of imidazole rings is 1. The molecule has 0 radical (unpaired) electrons. The average molecular weight is 362 g/mol. The van der Waals surface area contributed by atoms with E-state index in [0.29, 0.717) is 31.2 Å². The van der Waals surface area contributed by atoms with Gasteiger partial charge in [-0.1, -0.05) is 48.5 Å². The van der Waals surface area contributed by atoms with Crippen molar-refractivity contribution < 1.29 is 13.7 Å². The molecule has 1 aromatic heterocycles. The maximum absolute atomic E-state index is 14.1. The number of halogens is 1. The molecule has 0 aliphatic rings. The Morgan fingerprint density at radius 1 is 0.889 bits per heavy atom. The first-order chi connectivity index (χ1) is 13.2. The maximum atomic E-state index is 14.1. The molecule has 0 aliphatic carbocycles. The second-order valence-electron chi connectivity index (χ2n) is 6.34. The lowest BCUT2D eigenvalue weighted by Gasteiger charge is -2.06. The molecule has 5 heteroatoms. The normalized spacial score (nSPS) is 11.0. The maximum Gasteiger partial charge on any atom is 0.356 e. The van der Waals surface area contributed by atoms with Gasteiger partial charge in [0.1, 0.15) is 42.3 Å². The predicted octanol–water partition coefficient (Wildman–Crippen LogP) is 3.78. The number of rotatable bonds is 6. The molecule has 136 valence electrons. The van der Waals surface area contributed by atoms with Gasteiger partial charge in [-0.05, 0) is 30.3 Å². The fourth-order valence-electron chi connectivity index (χ4n) is 3.28. The van der Waals surface area contributed by atoms with E-state index in [9.17, 15) is 4.39 Å². The minimum absolute atomic E-state index is 0.228. The molecule has 4 aromatic rings. The molecular formula is C22H21FN3O+. The van der Waals surface area contributed by atoms with Gasteiger partial charge in [0.15, 0.2) is 0 Å². The molecule has 0 saturated heterocycles. The van der Waals surface area contributed by atoms with Crippen LogP contribution in [-0.2, 0) is 13.1 Å². The number of fused-ring (bicyclic) bond motifs is 1. The average Bonchev–Trinajstić information content (AvgIpc) is 2.96. The van der Waals surface area contributed by atoms with Crippen LogP contribution in [0.4, 0.5) is 10.3 Å². The number of nitrogen functional groups attached to an aromatic ring is 1. The van der Waals surface area contributed by atoms with Gasteiger partial charge in [-0.25, -0.2) is 13.5 Å². The van der Waals surface area contributed by atoms with Crippen molar-refractivity contribution in [3.05, 3.63) is 90.2 Å². The van der Waals surface area contributed by atoms with Gasteiger partial charge >= 0.3 is 5.95 Å². The van der Waals surface area contributed by atoms with Crippen LogP contribution in [0.25, 0.3) is 11.0 Å². The van der Waals surface area contributed by atoms with Crippen molar-refractivity contribution in [3.63, 3.8) is 0 Å². The highest BCUT2D eigenvalue weighted by molar-refractivity contribution is 5.73. The standard InChI is InChI=1S/C22H20FN3O/c23-19-11-5-4-8-17(19)16-26-21-13-7-6-12-20(21)25(22(26)24)14-15-27-18-9-2-1-3-10-18/h1-13,24H,14-16H2/p+1. The molecule has 3 aromatic carbocycles. The highest BCUT2D eigenvalue weighted by Gasteiger charge is 2.21. The van der Waals surface area contributed by atoms with E-state index in [4.69, 9.17) is 10.5 Å². The van der Waals surface area contributed by atoms with Crippen LogP contribution in [0.1, 0.15) is 5.56 Å². The molecule has 0 unspecified atom stereocenters. The van der Waals surface area contributed by atoms with Crippen molar-refractivity contribution in [3.8, 4) is 5.75 Å². The van der Waals surface area contributed by atoms with Crippen LogP contribution in [0.2, 0.25) is 0 Å². The fourth-order valence-corrected chi connectivity index (χ4v) is 3.28. The van der Waals surface area contributed by atoms with E-state index in [-0.39, 0.29) is 5.82 Å². The van der Waals surface area contributed by atoms with Crippen LogP contribution in [0.5, 0.6) is 5.75 Å². The number of anilines is 1. The van der Waals surface area contributed by atoms with Crippen LogP contribution in [-0.4, -0.2) is 11.2 Å². The largest absolute Gasteiger partial charge is 0.490 e. The van der Waals surface area contributed by atoms with E-state index in [1.54, 1.807) is 12.1 Å². The molecular weight excluding hydrogens is 341 g/mol. The number of benzene rings is 3. The zero-order chi connectivity index (χ0) is 18.6. The number of hydrogen-bond donors (Lipinski definition) is 1. The highest BCUT2D eigenvalue weighted by atomic mass is 19.1. The minimum atomic E-state index is -0.228. The van der Waals surface area contributed by atoms with Gasteiger partial charge in [-0.3, -0.25) is 5.73 Å². The summed E-state index contributed by atoms with van der Waals surface area (Å²) in [5, 5.41) is 0. The van der Waals surface area contributed by atoms with E-state index < -0.39 is 0 Å². The summed E-state index contributed by atoms with van der Waals surface area (Å²) in [5.74, 6) is 1.18. The number of aromatic nitrogens is 2. The first kappa shape index (κ1) is 17.1. The first-order valence-corrected chi connectivity index (χ1v) is 8.92. The predicted molar refractivity (Wildman–Crippen MR) is 104 cm³/mol. The van der Waals surface area contributed by atoms with Crippen molar-refractivity contribution in [2.24, 2.45) is 0 Å². The van der Waals surface area contributed by atoms with Crippen LogP contribution >= 0.6 is 0 Å². The monoisotopic (exact) mass is 362 g/mol. The molecule has 0 amide bonds. The number of para-hydroxylation sites is 3. The summed E-state index contributed by atoms with van der Waals surface area (Å²) in [5.41, 5.74) is 9.02. The van der Waals surface area contributed by atoms with Crippen molar-refractivity contribution in [1.82, 2.24) is 4.57 Å². The molecule has 27 heavy (non-hydrogen) atoms. The molecule has 4 nitrogen and oxygen atoms in total. The Morgan fingerprint density at radius 2 is 1.59 bits per heavy atom. The van der Waals surface area contributed by atoms with Crippen LogP contribution in [0.3, 0.4) is 0 Å². The Balaban J connectivity index is 1.63. The third-order valence-corrected chi connectivity index (χ3v) is 4.63. The van der Waals surface area contributed by atoms with Gasteiger partial charge in [-0.2, -0.15) is 0 Å². The summed E-state index contributed by atoms with van der Waals surface area (Å²) in [4.78, 5) is 0. The second kappa shape index (κ2) is 7.50. The summed E-state index contributed by atoms with van der Waals surface area (Å²) >= 11 is 0. The molecule has 4 rings (SSSR count). The van der Waals surface area contributed by atoms with E-state index in [1.165, 1.54) is 6.07 Å². The van der Waals surface area contributed by atoms with Crippen LogP contribution in [0.15, 0.2) is 78.9 Å². The minimum Gasteiger partial charge on any atom is -0.490 e. The van der Waals surface area contributed by atoms with Crippen molar-refractivity contribution in [1.29, 1.82) is 0 Å². The summed E-state index contributed by atoms with van der Waals surface area (Å²) in [6, 6.07) is 24.4. The van der Waals surface area contributed by atoms with E-state index in [0.717, 1.165) is 16.8 Å². The van der Waals surface area contributed by atoms with Crippen molar-refractivity contribution in [2.75, 3.05) is 12.3 Å². The highest BCUT2D eigenvalue weighted by Crippen LogP contribution is 2.18. The van der Waals surface area contributed by atoms with Gasteiger partial charge in [0.05, 0.1) is 0 Å². The van der Waals surface area contributed by atoms with Gasteiger partial charge in [0, 0.05) is 5.56 Å². The number of nitrogens with zero attached hydrogens (tertiary/aromatic N) is 2. The van der Waals surface area contributed by atoms with Crippen molar-refractivity contribution in [2.45, 2.75) is 13.1 Å². The molecule has 2 N–H and O–H groups in total.